The summed E-state index contributed by atoms with van der Waals surface area (Å²) in [6.07, 6.45) is 5.71. The molecule has 2 aliphatic heterocycles. The molecule has 5 rings (SSSR count). The first-order valence-electron chi connectivity index (χ1n) is 11.4. The van der Waals surface area contributed by atoms with Crippen LogP contribution in [0.1, 0.15) is 43.9 Å². The van der Waals surface area contributed by atoms with Crippen molar-refractivity contribution in [3.63, 3.8) is 0 Å². The summed E-state index contributed by atoms with van der Waals surface area (Å²) in [5.41, 5.74) is 0.560. The molecule has 0 bridgehead atoms. The van der Waals surface area contributed by atoms with Crippen LogP contribution in [0.2, 0.25) is 0 Å². The predicted molar refractivity (Wildman–Crippen MR) is 122 cm³/mol. The summed E-state index contributed by atoms with van der Waals surface area (Å²) in [5.74, 6) is -0.982. The Labute approximate surface area is 196 Å². The molecule has 0 radical (unpaired) electrons. The lowest BCUT2D eigenvalue weighted by Gasteiger charge is -2.50. The van der Waals surface area contributed by atoms with Gasteiger partial charge in [-0.3, -0.25) is 9.55 Å². The number of piperidine rings is 1. The van der Waals surface area contributed by atoms with Gasteiger partial charge in [-0.2, -0.15) is 4.98 Å². The van der Waals surface area contributed by atoms with Gasteiger partial charge >= 0.3 is 5.69 Å². The first kappa shape index (κ1) is 22.3. The number of rotatable bonds is 5. The molecule has 7 nitrogen and oxygen atoms in total. The van der Waals surface area contributed by atoms with Gasteiger partial charge in [-0.25, -0.2) is 13.6 Å². The molecule has 178 valence electrons. The maximum absolute atomic E-state index is 14.6. The third-order valence-corrected chi connectivity index (χ3v) is 6.65. The van der Waals surface area contributed by atoms with Crippen LogP contribution in [0, 0.1) is 18.6 Å². The molecule has 1 unspecified atom stereocenters. The lowest BCUT2D eigenvalue weighted by Crippen LogP contribution is -2.55. The largest absolute Gasteiger partial charge is 0.473 e. The third-order valence-electron chi connectivity index (χ3n) is 6.65. The maximum atomic E-state index is 14.6. The van der Waals surface area contributed by atoms with E-state index in [0.29, 0.717) is 12.2 Å². The van der Waals surface area contributed by atoms with Crippen molar-refractivity contribution in [2.24, 2.45) is 0 Å². The Morgan fingerprint density at radius 3 is 2.65 bits per heavy atom. The first-order valence-corrected chi connectivity index (χ1v) is 11.4. The van der Waals surface area contributed by atoms with Crippen molar-refractivity contribution in [3.05, 3.63) is 69.9 Å². The molecule has 3 aromatic rings. The van der Waals surface area contributed by atoms with Gasteiger partial charge in [0.2, 0.25) is 5.88 Å². The minimum Gasteiger partial charge on any atom is -0.473 e. The van der Waals surface area contributed by atoms with E-state index in [9.17, 15) is 13.6 Å². The Morgan fingerprint density at radius 2 is 1.88 bits per heavy atom. The van der Waals surface area contributed by atoms with Gasteiger partial charge < -0.3 is 14.4 Å². The zero-order valence-electron chi connectivity index (χ0n) is 19.2. The highest BCUT2D eigenvalue weighted by Gasteiger charge is 2.39. The molecule has 0 amide bonds. The van der Waals surface area contributed by atoms with E-state index in [1.165, 1.54) is 18.7 Å². The number of ether oxygens (including phenoxy) is 2. The van der Waals surface area contributed by atoms with Crippen molar-refractivity contribution in [1.29, 1.82) is 0 Å². The fourth-order valence-electron chi connectivity index (χ4n) is 4.82. The minimum absolute atomic E-state index is 0.0127. The monoisotopic (exact) mass is 468 g/mol. The molecule has 4 heterocycles. The summed E-state index contributed by atoms with van der Waals surface area (Å²) >= 11 is 0. The van der Waals surface area contributed by atoms with Gasteiger partial charge in [0.1, 0.15) is 18.2 Å². The van der Waals surface area contributed by atoms with E-state index in [2.05, 4.69) is 21.8 Å². The molecule has 1 saturated heterocycles. The highest BCUT2D eigenvalue weighted by molar-refractivity contribution is 5.47. The number of aryl methyl sites for hydroxylation is 1. The Bertz CT molecular complexity index is 1270. The second-order valence-electron chi connectivity index (χ2n) is 9.15. The molecule has 2 aromatic heterocycles. The molecule has 0 aliphatic carbocycles. The molecule has 1 fully saturated rings. The van der Waals surface area contributed by atoms with Gasteiger partial charge in [0.15, 0.2) is 17.4 Å². The van der Waals surface area contributed by atoms with E-state index < -0.39 is 17.4 Å². The smallest absolute Gasteiger partial charge is 0.352 e. The van der Waals surface area contributed by atoms with Crippen LogP contribution in [-0.2, 0) is 13.2 Å². The molecule has 34 heavy (non-hydrogen) atoms. The highest BCUT2D eigenvalue weighted by atomic mass is 19.1. The quantitative estimate of drug-likeness (QED) is 0.538. The summed E-state index contributed by atoms with van der Waals surface area (Å²) in [7, 11) is 0. The van der Waals surface area contributed by atoms with Crippen LogP contribution in [0.25, 0.3) is 0 Å². The second kappa shape index (κ2) is 8.70. The number of hydrogen-bond acceptors (Lipinski definition) is 6. The highest BCUT2D eigenvalue weighted by Crippen LogP contribution is 2.39. The number of aromatic nitrogens is 3. The van der Waals surface area contributed by atoms with Crippen LogP contribution in [0.5, 0.6) is 17.4 Å². The molecular weight excluding hydrogens is 442 g/mol. The van der Waals surface area contributed by atoms with Gasteiger partial charge in [0.05, 0.1) is 0 Å². The number of hydrogen-bond donors (Lipinski definition) is 0. The van der Waals surface area contributed by atoms with Crippen molar-refractivity contribution in [3.8, 4) is 17.4 Å². The lowest BCUT2D eigenvalue weighted by molar-refractivity contribution is 0.260. The summed E-state index contributed by atoms with van der Waals surface area (Å²) in [6.45, 7) is 5.32. The zero-order chi connectivity index (χ0) is 23.9. The van der Waals surface area contributed by atoms with Crippen molar-refractivity contribution in [2.75, 3.05) is 11.4 Å². The predicted octanol–water partition coefficient (Wildman–Crippen LogP) is 4.75. The number of nitrogens with zero attached hydrogens (tertiary/aromatic N) is 4. The third kappa shape index (κ3) is 4.22. The molecular formula is C25H26F2N4O3. The van der Waals surface area contributed by atoms with Crippen molar-refractivity contribution >= 4 is 5.82 Å². The van der Waals surface area contributed by atoms with Crippen LogP contribution in [0.3, 0.4) is 0 Å². The van der Waals surface area contributed by atoms with Gasteiger partial charge in [-0.05, 0) is 63.3 Å². The zero-order valence-corrected chi connectivity index (χ0v) is 19.2. The maximum Gasteiger partial charge on any atom is 0.352 e. The number of halogens is 2. The van der Waals surface area contributed by atoms with Crippen molar-refractivity contribution in [1.82, 2.24) is 14.5 Å². The first-order chi connectivity index (χ1) is 16.3. The number of anilines is 1. The average Bonchev–Trinajstić information content (AvgIpc) is 2.79. The molecule has 1 aromatic carbocycles. The van der Waals surface area contributed by atoms with E-state index in [4.69, 9.17) is 9.47 Å². The van der Waals surface area contributed by atoms with E-state index in [-0.39, 0.29) is 35.0 Å². The van der Waals surface area contributed by atoms with E-state index >= 15 is 0 Å². The van der Waals surface area contributed by atoms with Crippen LogP contribution >= 0.6 is 0 Å². The van der Waals surface area contributed by atoms with E-state index in [0.717, 1.165) is 43.8 Å². The van der Waals surface area contributed by atoms with Crippen LogP contribution in [0.4, 0.5) is 14.6 Å². The fraction of sp³-hybridized carbons (Fsp3) is 0.400. The fourth-order valence-corrected chi connectivity index (χ4v) is 4.82. The SMILES string of the molecule is Cc1cc(Oc2c(F)cc(COc3cc4n(c(=O)n3)CCC3(C)CCCCN43)cc2F)ccn1. The standard InChI is InChI=1S/C25H26F2N4O3/c1-16-11-18(5-8-28-16)34-23-19(26)12-17(13-20(23)27)15-33-21-14-22-30(24(32)29-21)10-7-25(2)6-3-4-9-31(22)25/h5,8,11-14H,3-4,6-7,9-10,15H2,1-2H3. The normalized spacial score (nSPS) is 19.4. The van der Waals surface area contributed by atoms with E-state index in [1.807, 2.05) is 0 Å². The average molecular weight is 469 g/mol. The Hall–Kier alpha value is -3.49. The Kier molecular flexibility index (Phi) is 5.71. The van der Waals surface area contributed by atoms with Crippen LogP contribution < -0.4 is 20.1 Å². The summed E-state index contributed by atoms with van der Waals surface area (Å²) in [5, 5.41) is 0. The summed E-state index contributed by atoms with van der Waals surface area (Å²) in [4.78, 5) is 23.0. The molecule has 0 N–H and O–H groups in total. The Balaban J connectivity index is 1.35. The summed E-state index contributed by atoms with van der Waals surface area (Å²) < 4.78 is 42.0. The van der Waals surface area contributed by atoms with Crippen LogP contribution in [-0.4, -0.2) is 26.6 Å². The molecule has 2 aliphatic rings. The molecule has 0 saturated carbocycles. The minimum atomic E-state index is -0.851. The van der Waals surface area contributed by atoms with Gasteiger partial charge in [0, 0.05) is 42.7 Å². The van der Waals surface area contributed by atoms with Gasteiger partial charge in [-0.1, -0.05) is 0 Å². The lowest BCUT2D eigenvalue weighted by atomic mass is 9.84. The number of benzene rings is 1. The van der Waals surface area contributed by atoms with Gasteiger partial charge in [0.25, 0.3) is 0 Å². The second-order valence-corrected chi connectivity index (χ2v) is 9.15. The van der Waals surface area contributed by atoms with Crippen molar-refractivity contribution in [2.45, 2.75) is 58.2 Å². The van der Waals surface area contributed by atoms with Crippen LogP contribution in [0.15, 0.2) is 41.3 Å². The number of pyridine rings is 1. The van der Waals surface area contributed by atoms with E-state index in [1.54, 1.807) is 23.6 Å². The topological polar surface area (TPSA) is 69.5 Å². The molecule has 1 atom stereocenters. The van der Waals surface area contributed by atoms with Gasteiger partial charge in [-0.15, -0.1) is 0 Å². The Morgan fingerprint density at radius 1 is 1.09 bits per heavy atom. The summed E-state index contributed by atoms with van der Waals surface area (Å²) in [6, 6.07) is 7.17. The number of fused-ring (bicyclic) bond motifs is 3. The van der Waals surface area contributed by atoms with Crippen molar-refractivity contribution < 1.29 is 18.3 Å². The molecule has 0 spiro atoms. The molecule has 9 heteroatoms.